The summed E-state index contributed by atoms with van der Waals surface area (Å²) in [5.74, 6) is 0.787. The molecule has 0 radical (unpaired) electrons. The summed E-state index contributed by atoms with van der Waals surface area (Å²) < 4.78 is 18.1. The second kappa shape index (κ2) is 9.93. The van der Waals surface area contributed by atoms with Crippen molar-refractivity contribution in [3.63, 3.8) is 0 Å². The van der Waals surface area contributed by atoms with Gasteiger partial charge >= 0.3 is 5.97 Å². The predicted octanol–water partition coefficient (Wildman–Crippen LogP) is 2.98. The number of carbonyl (C=O) groups excluding carboxylic acids is 1. The number of esters is 1. The molecule has 8 heteroatoms. The van der Waals surface area contributed by atoms with Gasteiger partial charge in [-0.05, 0) is 36.8 Å². The maximum Gasteiger partial charge on any atom is 0.338 e. The summed E-state index contributed by atoms with van der Waals surface area (Å²) >= 11 is 1.26. The molecule has 1 aliphatic heterocycles. The molecule has 1 aliphatic rings. The van der Waals surface area contributed by atoms with Gasteiger partial charge < -0.3 is 14.2 Å². The van der Waals surface area contributed by atoms with Crippen LogP contribution in [0.2, 0.25) is 0 Å². The topological polar surface area (TPSA) is 79.1 Å². The quantitative estimate of drug-likeness (QED) is 0.387. The normalized spacial score (nSPS) is 15.4. The average Bonchev–Trinajstić information content (AvgIpc) is 3.16. The van der Waals surface area contributed by atoms with Crippen molar-refractivity contribution in [1.82, 2.24) is 4.57 Å². The van der Waals surface area contributed by atoms with Crippen molar-refractivity contribution >= 4 is 23.4 Å². The fourth-order valence-electron chi connectivity index (χ4n) is 3.82. The van der Waals surface area contributed by atoms with Crippen molar-refractivity contribution in [2.24, 2.45) is 4.99 Å². The standard InChI is InChI=1S/C26H24N2O5S/c1-5-14-33-25(30)22-16(2)27-26-28(23(22)17-10-12-19(31-3)13-11-17)24(29)21(34-26)15-18-8-6-7-9-20(18)32-4/h5-13,15,23H,1,14H2,2-4H3/b21-15+/t23-/m0/s1. The monoisotopic (exact) mass is 476 g/mol. The van der Waals surface area contributed by atoms with E-state index in [1.165, 1.54) is 17.4 Å². The summed E-state index contributed by atoms with van der Waals surface area (Å²) in [4.78, 5) is 31.8. The molecular formula is C26H24N2O5S. The molecule has 0 spiro atoms. The number of carbonyl (C=O) groups is 1. The molecule has 7 nitrogen and oxygen atoms in total. The lowest BCUT2D eigenvalue weighted by atomic mass is 9.96. The maximum atomic E-state index is 13.6. The Morgan fingerprint density at radius 2 is 1.88 bits per heavy atom. The first kappa shape index (κ1) is 23.3. The minimum Gasteiger partial charge on any atom is -0.497 e. The Kier molecular flexibility index (Phi) is 6.79. The number of methoxy groups -OCH3 is 2. The van der Waals surface area contributed by atoms with Crippen molar-refractivity contribution < 1.29 is 19.0 Å². The summed E-state index contributed by atoms with van der Waals surface area (Å²) in [6.07, 6.45) is 3.28. The molecule has 0 N–H and O–H groups in total. The first-order valence-electron chi connectivity index (χ1n) is 10.6. The molecule has 1 atom stereocenters. The molecule has 2 aromatic carbocycles. The smallest absolute Gasteiger partial charge is 0.338 e. The van der Waals surface area contributed by atoms with Crippen molar-refractivity contribution in [1.29, 1.82) is 0 Å². The summed E-state index contributed by atoms with van der Waals surface area (Å²) in [7, 11) is 3.17. The van der Waals surface area contributed by atoms with Gasteiger partial charge in [-0.15, -0.1) is 0 Å². The number of hydrogen-bond acceptors (Lipinski definition) is 7. The molecule has 0 amide bonds. The number of allylic oxidation sites excluding steroid dienone is 1. The van der Waals surface area contributed by atoms with E-state index < -0.39 is 12.0 Å². The molecule has 0 bridgehead atoms. The lowest BCUT2D eigenvalue weighted by molar-refractivity contribution is -0.138. The Hall–Kier alpha value is -3.91. The molecule has 0 aliphatic carbocycles. The second-order valence-electron chi connectivity index (χ2n) is 7.48. The summed E-state index contributed by atoms with van der Waals surface area (Å²) in [5.41, 5.74) is 2.07. The van der Waals surface area contributed by atoms with Gasteiger partial charge in [-0.3, -0.25) is 9.36 Å². The predicted molar refractivity (Wildman–Crippen MR) is 131 cm³/mol. The van der Waals surface area contributed by atoms with Crippen LogP contribution in [0.25, 0.3) is 6.08 Å². The van der Waals surface area contributed by atoms with Gasteiger partial charge in [-0.2, -0.15) is 0 Å². The summed E-state index contributed by atoms with van der Waals surface area (Å²) in [6, 6.07) is 14.0. The molecule has 34 heavy (non-hydrogen) atoms. The van der Waals surface area contributed by atoms with Crippen molar-refractivity contribution in [2.45, 2.75) is 13.0 Å². The first-order valence-corrected chi connectivity index (χ1v) is 11.4. The van der Waals surface area contributed by atoms with E-state index in [2.05, 4.69) is 11.6 Å². The number of ether oxygens (including phenoxy) is 3. The Morgan fingerprint density at radius 1 is 1.15 bits per heavy atom. The highest BCUT2D eigenvalue weighted by Crippen LogP contribution is 2.31. The highest BCUT2D eigenvalue weighted by molar-refractivity contribution is 7.07. The van der Waals surface area contributed by atoms with Crippen LogP contribution >= 0.6 is 11.3 Å². The Morgan fingerprint density at radius 3 is 2.56 bits per heavy atom. The number of hydrogen-bond donors (Lipinski definition) is 0. The number of para-hydroxylation sites is 1. The minimum absolute atomic E-state index is 0.0587. The third kappa shape index (κ3) is 4.32. The number of rotatable bonds is 7. The van der Waals surface area contributed by atoms with E-state index in [1.807, 2.05) is 36.4 Å². The molecule has 174 valence electrons. The van der Waals surface area contributed by atoms with Gasteiger partial charge in [-0.25, -0.2) is 9.79 Å². The fraction of sp³-hybridized carbons (Fsp3) is 0.192. The lowest BCUT2D eigenvalue weighted by Gasteiger charge is -2.24. The van der Waals surface area contributed by atoms with Crippen LogP contribution in [-0.4, -0.2) is 31.4 Å². The van der Waals surface area contributed by atoms with Gasteiger partial charge in [0, 0.05) is 5.56 Å². The SMILES string of the molecule is C=CCOC(=O)C1=C(C)N=c2s/c(=C/c3ccccc3OC)c(=O)n2[C@H]1c1ccc(OC)cc1. The molecule has 0 fully saturated rings. The third-order valence-electron chi connectivity index (χ3n) is 5.43. The molecule has 0 saturated carbocycles. The zero-order chi connectivity index (χ0) is 24.2. The van der Waals surface area contributed by atoms with Gasteiger partial charge in [0.1, 0.15) is 18.1 Å². The van der Waals surface area contributed by atoms with E-state index in [9.17, 15) is 9.59 Å². The Bertz CT molecular complexity index is 1450. The molecule has 2 heterocycles. The molecular weight excluding hydrogens is 452 g/mol. The number of benzene rings is 2. The van der Waals surface area contributed by atoms with Crippen LogP contribution in [0.1, 0.15) is 24.1 Å². The highest BCUT2D eigenvalue weighted by Gasteiger charge is 2.33. The first-order chi connectivity index (χ1) is 16.5. The van der Waals surface area contributed by atoms with Crippen LogP contribution in [0.3, 0.4) is 0 Å². The van der Waals surface area contributed by atoms with Crippen molar-refractivity contribution in [2.75, 3.05) is 20.8 Å². The summed E-state index contributed by atoms with van der Waals surface area (Å²) in [6.45, 7) is 5.41. The van der Waals surface area contributed by atoms with E-state index in [4.69, 9.17) is 14.2 Å². The molecule has 1 aromatic heterocycles. The van der Waals surface area contributed by atoms with Crippen LogP contribution in [0.5, 0.6) is 11.5 Å². The highest BCUT2D eigenvalue weighted by atomic mass is 32.1. The molecule has 3 aromatic rings. The van der Waals surface area contributed by atoms with Crippen LogP contribution < -0.4 is 24.4 Å². The van der Waals surface area contributed by atoms with E-state index >= 15 is 0 Å². The van der Waals surface area contributed by atoms with Crippen LogP contribution in [0.4, 0.5) is 0 Å². The molecule has 0 saturated heterocycles. The summed E-state index contributed by atoms with van der Waals surface area (Å²) in [5, 5.41) is 0. The van der Waals surface area contributed by atoms with Gasteiger partial charge in [0.15, 0.2) is 4.80 Å². The van der Waals surface area contributed by atoms with Crippen molar-refractivity contribution in [3.8, 4) is 11.5 Å². The van der Waals surface area contributed by atoms with Crippen LogP contribution in [0, 0.1) is 0 Å². The Labute approximate surface area is 200 Å². The van der Waals surface area contributed by atoms with E-state index in [-0.39, 0.29) is 12.2 Å². The Balaban J connectivity index is 1.93. The van der Waals surface area contributed by atoms with Gasteiger partial charge in [0.25, 0.3) is 5.56 Å². The van der Waals surface area contributed by atoms with E-state index in [0.29, 0.717) is 32.1 Å². The number of nitrogens with zero attached hydrogens (tertiary/aromatic N) is 2. The third-order valence-corrected chi connectivity index (χ3v) is 6.41. The minimum atomic E-state index is -0.695. The lowest BCUT2D eigenvalue weighted by Crippen LogP contribution is -2.39. The number of fused-ring (bicyclic) bond motifs is 1. The van der Waals surface area contributed by atoms with Crippen LogP contribution in [-0.2, 0) is 9.53 Å². The van der Waals surface area contributed by atoms with Gasteiger partial charge in [0.2, 0.25) is 0 Å². The number of aromatic nitrogens is 1. The van der Waals surface area contributed by atoms with Gasteiger partial charge in [-0.1, -0.05) is 54.3 Å². The largest absolute Gasteiger partial charge is 0.497 e. The van der Waals surface area contributed by atoms with E-state index in [1.54, 1.807) is 43.9 Å². The molecule has 0 unspecified atom stereocenters. The fourth-order valence-corrected chi connectivity index (χ4v) is 4.86. The zero-order valence-corrected chi connectivity index (χ0v) is 19.9. The zero-order valence-electron chi connectivity index (χ0n) is 19.1. The van der Waals surface area contributed by atoms with Crippen LogP contribution in [0.15, 0.2) is 82.2 Å². The van der Waals surface area contributed by atoms with E-state index in [0.717, 1.165) is 11.1 Å². The maximum absolute atomic E-state index is 13.6. The second-order valence-corrected chi connectivity index (χ2v) is 8.49. The molecule has 4 rings (SSSR count). The van der Waals surface area contributed by atoms with Crippen molar-refractivity contribution in [3.05, 3.63) is 103 Å². The number of thiazole rings is 1. The average molecular weight is 477 g/mol. The van der Waals surface area contributed by atoms with Gasteiger partial charge in [0.05, 0.1) is 36.1 Å².